The highest BCUT2D eigenvalue weighted by atomic mass is 16.3. The molecule has 0 radical (unpaired) electrons. The van der Waals surface area contributed by atoms with Crippen molar-refractivity contribution in [3.63, 3.8) is 0 Å². The van der Waals surface area contributed by atoms with Crippen molar-refractivity contribution in [3.8, 4) is 0 Å². The lowest BCUT2D eigenvalue weighted by molar-refractivity contribution is -0.117. The summed E-state index contributed by atoms with van der Waals surface area (Å²) >= 11 is 0. The van der Waals surface area contributed by atoms with Crippen molar-refractivity contribution in [2.24, 2.45) is 0 Å². The van der Waals surface area contributed by atoms with E-state index in [4.69, 9.17) is 0 Å². The van der Waals surface area contributed by atoms with E-state index in [-0.39, 0.29) is 11.7 Å². The predicted molar refractivity (Wildman–Crippen MR) is 81.5 cm³/mol. The summed E-state index contributed by atoms with van der Waals surface area (Å²) in [6.45, 7) is 1.39. The smallest absolute Gasteiger partial charge is 0.226 e. The van der Waals surface area contributed by atoms with Gasteiger partial charge in [-0.15, -0.1) is 0 Å². The fourth-order valence-electron chi connectivity index (χ4n) is 2.65. The predicted octanol–water partition coefficient (Wildman–Crippen LogP) is 2.80. The van der Waals surface area contributed by atoms with Crippen molar-refractivity contribution in [1.82, 2.24) is 0 Å². The Morgan fingerprint density at radius 3 is 2.33 bits per heavy atom. The molecule has 1 aliphatic heterocycles. The van der Waals surface area contributed by atoms with Gasteiger partial charge in [-0.3, -0.25) is 9.69 Å². The summed E-state index contributed by atoms with van der Waals surface area (Å²) in [5.74, 6) is -0.287. The Labute approximate surface area is 122 Å². The number of para-hydroxylation sites is 1. The number of nitrogens with zero attached hydrogens (tertiary/aromatic N) is 1. The number of hydrogen-bond acceptors (Lipinski definition) is 3. The summed E-state index contributed by atoms with van der Waals surface area (Å²) in [6.07, 6.45) is -1.18. The molecule has 0 spiro atoms. The lowest BCUT2D eigenvalue weighted by Gasteiger charge is -2.20. The molecule has 4 nitrogen and oxygen atoms in total. The molecule has 1 amide bonds. The van der Waals surface area contributed by atoms with Gasteiger partial charge in [0.05, 0.1) is 11.3 Å². The van der Waals surface area contributed by atoms with E-state index in [1.165, 1.54) is 11.8 Å². The zero-order valence-corrected chi connectivity index (χ0v) is 11.5. The highest BCUT2D eigenvalue weighted by Crippen LogP contribution is 2.42. The molecule has 106 valence electrons. The normalized spacial score (nSPS) is 19.3. The number of benzene rings is 2. The number of rotatable bonds is 1. The lowest BCUT2D eigenvalue weighted by Crippen LogP contribution is -2.35. The molecule has 0 fully saturated rings. The molecule has 0 bridgehead atoms. The second-order valence-corrected chi connectivity index (χ2v) is 4.91. The summed E-state index contributed by atoms with van der Waals surface area (Å²) < 4.78 is 0. The third-order valence-electron chi connectivity index (χ3n) is 3.60. The zero-order valence-electron chi connectivity index (χ0n) is 11.5. The first-order valence-electron chi connectivity index (χ1n) is 6.67. The molecule has 1 unspecified atom stereocenters. The van der Waals surface area contributed by atoms with Gasteiger partial charge in [-0.05, 0) is 6.07 Å². The third kappa shape index (κ3) is 2.10. The van der Waals surface area contributed by atoms with Crippen LogP contribution >= 0.6 is 0 Å². The van der Waals surface area contributed by atoms with Crippen LogP contribution in [0.3, 0.4) is 0 Å². The van der Waals surface area contributed by atoms with Gasteiger partial charge in [0, 0.05) is 18.1 Å². The Bertz CT molecular complexity index is 722. The minimum absolute atomic E-state index is 0.0145. The monoisotopic (exact) mass is 281 g/mol. The van der Waals surface area contributed by atoms with E-state index in [0.717, 1.165) is 0 Å². The van der Waals surface area contributed by atoms with Crippen LogP contribution in [0.1, 0.15) is 18.1 Å². The maximum absolute atomic E-state index is 11.8. The van der Waals surface area contributed by atoms with Crippen molar-refractivity contribution in [3.05, 3.63) is 65.7 Å². The van der Waals surface area contributed by atoms with E-state index in [1.807, 2.05) is 24.3 Å². The van der Waals surface area contributed by atoms with Crippen LogP contribution in [-0.2, 0) is 4.79 Å². The van der Waals surface area contributed by atoms with E-state index in [0.29, 0.717) is 22.4 Å². The molecule has 0 aliphatic carbocycles. The molecule has 1 atom stereocenters. The van der Waals surface area contributed by atoms with Crippen LogP contribution in [0.2, 0.25) is 0 Å². The number of amides is 1. The van der Waals surface area contributed by atoms with Gasteiger partial charge in [0.25, 0.3) is 0 Å². The van der Waals surface area contributed by atoms with Gasteiger partial charge in [0.1, 0.15) is 5.76 Å². The Balaban J connectivity index is 2.22. The number of aliphatic hydroxyl groups is 2. The highest BCUT2D eigenvalue weighted by molar-refractivity contribution is 6.07. The number of hydrogen-bond donors (Lipinski definition) is 2. The first-order chi connectivity index (χ1) is 10.1. The van der Waals surface area contributed by atoms with E-state index < -0.39 is 6.23 Å². The van der Waals surface area contributed by atoms with Gasteiger partial charge >= 0.3 is 0 Å². The van der Waals surface area contributed by atoms with E-state index in [9.17, 15) is 15.0 Å². The summed E-state index contributed by atoms with van der Waals surface area (Å²) in [5, 5.41) is 21.0. The molecule has 21 heavy (non-hydrogen) atoms. The van der Waals surface area contributed by atoms with Crippen LogP contribution < -0.4 is 4.90 Å². The first kappa shape index (κ1) is 13.4. The van der Waals surface area contributed by atoms with Crippen LogP contribution in [0.25, 0.3) is 11.3 Å². The Morgan fingerprint density at radius 2 is 1.67 bits per heavy atom. The van der Waals surface area contributed by atoms with Crippen LogP contribution in [0.4, 0.5) is 5.69 Å². The van der Waals surface area contributed by atoms with Gasteiger partial charge in [-0.2, -0.15) is 0 Å². The minimum Gasteiger partial charge on any atom is -0.507 e. The van der Waals surface area contributed by atoms with Gasteiger partial charge < -0.3 is 10.2 Å². The Morgan fingerprint density at radius 1 is 1.05 bits per heavy atom. The van der Waals surface area contributed by atoms with E-state index >= 15 is 0 Å². The molecule has 2 N–H and O–H groups in total. The molecule has 1 aliphatic rings. The van der Waals surface area contributed by atoms with Crippen molar-refractivity contribution in [2.75, 3.05) is 4.90 Å². The summed E-state index contributed by atoms with van der Waals surface area (Å²) in [5.41, 5.74) is 2.23. The van der Waals surface area contributed by atoms with Crippen molar-refractivity contribution in [2.45, 2.75) is 13.2 Å². The molecule has 3 rings (SSSR count). The molecular weight excluding hydrogens is 266 g/mol. The molecule has 0 saturated carbocycles. The summed E-state index contributed by atoms with van der Waals surface area (Å²) in [6, 6.07) is 16.1. The SMILES string of the molecule is CC(=O)N1c2ccccc2/C(=C(\O)c2ccccc2)C1O. The zero-order chi connectivity index (χ0) is 15.0. The summed E-state index contributed by atoms with van der Waals surface area (Å²) in [4.78, 5) is 13.1. The molecule has 1 heterocycles. The first-order valence-corrected chi connectivity index (χ1v) is 6.67. The number of carbonyl (C=O) groups excluding carboxylic acids is 1. The fourth-order valence-corrected chi connectivity index (χ4v) is 2.65. The van der Waals surface area contributed by atoms with Crippen molar-refractivity contribution < 1.29 is 15.0 Å². The van der Waals surface area contributed by atoms with E-state index in [2.05, 4.69) is 0 Å². The second-order valence-electron chi connectivity index (χ2n) is 4.91. The topological polar surface area (TPSA) is 60.8 Å². The van der Waals surface area contributed by atoms with Crippen LogP contribution in [-0.4, -0.2) is 22.3 Å². The Hall–Kier alpha value is -2.59. The molecule has 0 saturated heterocycles. The molecule has 4 heteroatoms. The highest BCUT2D eigenvalue weighted by Gasteiger charge is 2.37. The van der Waals surface area contributed by atoms with Crippen LogP contribution in [0, 0.1) is 0 Å². The maximum atomic E-state index is 11.8. The molecule has 2 aromatic carbocycles. The largest absolute Gasteiger partial charge is 0.507 e. The van der Waals surface area contributed by atoms with Crippen molar-refractivity contribution in [1.29, 1.82) is 0 Å². The fraction of sp³-hybridized carbons (Fsp3) is 0.118. The quantitative estimate of drug-likeness (QED) is 0.790. The van der Waals surface area contributed by atoms with Crippen LogP contribution in [0.5, 0.6) is 0 Å². The molecular formula is C17H15NO3. The number of carbonyl (C=O) groups is 1. The average Bonchev–Trinajstić information content (AvgIpc) is 2.79. The molecule has 2 aromatic rings. The van der Waals surface area contributed by atoms with Gasteiger partial charge in [-0.1, -0.05) is 48.5 Å². The number of anilines is 1. The third-order valence-corrected chi connectivity index (χ3v) is 3.60. The van der Waals surface area contributed by atoms with Gasteiger partial charge in [0.15, 0.2) is 6.23 Å². The van der Waals surface area contributed by atoms with Gasteiger partial charge in [0.2, 0.25) is 5.91 Å². The second kappa shape index (κ2) is 5.07. The van der Waals surface area contributed by atoms with E-state index in [1.54, 1.807) is 30.3 Å². The summed E-state index contributed by atoms with van der Waals surface area (Å²) in [7, 11) is 0. The van der Waals surface area contributed by atoms with Crippen molar-refractivity contribution >= 4 is 22.9 Å². The van der Waals surface area contributed by atoms with Crippen LogP contribution in [0.15, 0.2) is 54.6 Å². The minimum atomic E-state index is -1.18. The number of fused-ring (bicyclic) bond motifs is 1. The average molecular weight is 281 g/mol. The standard InChI is InChI=1S/C17H15NO3/c1-11(19)18-14-10-6-5-9-13(14)15(17(18)21)16(20)12-7-3-2-4-8-12/h2-10,17,20-21H,1H3/b16-15+. The maximum Gasteiger partial charge on any atom is 0.226 e. The lowest BCUT2D eigenvalue weighted by atomic mass is 10.0. The Kier molecular flexibility index (Phi) is 3.23. The number of aliphatic hydroxyl groups excluding tert-OH is 2. The van der Waals surface area contributed by atoms with Gasteiger partial charge in [-0.25, -0.2) is 0 Å². The molecule has 0 aromatic heterocycles.